The number of rotatable bonds is 3. The first kappa shape index (κ1) is 9.56. The molecule has 1 unspecified atom stereocenters. The van der Waals surface area contributed by atoms with Crippen LogP contribution in [0.4, 0.5) is 0 Å². The first-order valence-corrected chi connectivity index (χ1v) is 4.11. The molecule has 0 fully saturated rings. The van der Waals surface area contributed by atoms with Crippen LogP contribution in [-0.2, 0) is 0 Å². The molecule has 0 heterocycles. The predicted molar refractivity (Wildman–Crippen MR) is 50.3 cm³/mol. The summed E-state index contributed by atoms with van der Waals surface area (Å²) in [5, 5.41) is 8.61. The lowest BCUT2D eigenvalue weighted by Crippen LogP contribution is -2.23. The maximum Gasteiger partial charge on any atom is 0.120 e. The SMILES string of the molecule is CC(N)COc1cccc(C#N)c1. The van der Waals surface area contributed by atoms with Crippen LogP contribution < -0.4 is 10.5 Å². The smallest absolute Gasteiger partial charge is 0.120 e. The van der Waals surface area contributed by atoms with Crippen LogP contribution in [0.5, 0.6) is 5.75 Å². The summed E-state index contributed by atoms with van der Waals surface area (Å²) in [5.41, 5.74) is 6.12. The molecule has 0 amide bonds. The van der Waals surface area contributed by atoms with Crippen LogP contribution in [-0.4, -0.2) is 12.6 Å². The van der Waals surface area contributed by atoms with E-state index in [1.807, 2.05) is 19.1 Å². The molecule has 3 nitrogen and oxygen atoms in total. The zero-order valence-corrected chi connectivity index (χ0v) is 7.53. The molecule has 1 atom stereocenters. The van der Waals surface area contributed by atoms with Crippen LogP contribution in [0.3, 0.4) is 0 Å². The van der Waals surface area contributed by atoms with E-state index in [4.69, 9.17) is 15.7 Å². The van der Waals surface area contributed by atoms with E-state index in [1.165, 1.54) is 0 Å². The van der Waals surface area contributed by atoms with Crippen LogP contribution >= 0.6 is 0 Å². The van der Waals surface area contributed by atoms with Gasteiger partial charge in [-0.25, -0.2) is 0 Å². The Morgan fingerprint density at radius 3 is 3.00 bits per heavy atom. The summed E-state index contributed by atoms with van der Waals surface area (Å²) < 4.78 is 5.33. The van der Waals surface area contributed by atoms with Crippen LogP contribution in [0.2, 0.25) is 0 Å². The predicted octanol–water partition coefficient (Wildman–Crippen LogP) is 1.28. The number of hydrogen-bond donors (Lipinski definition) is 1. The molecular weight excluding hydrogens is 164 g/mol. The second kappa shape index (κ2) is 4.48. The number of nitrogens with zero attached hydrogens (tertiary/aromatic N) is 1. The second-order valence-corrected chi connectivity index (χ2v) is 2.93. The molecule has 1 aromatic rings. The fourth-order valence-electron chi connectivity index (χ4n) is 0.883. The molecule has 0 aromatic heterocycles. The van der Waals surface area contributed by atoms with Crippen LogP contribution in [0.25, 0.3) is 0 Å². The van der Waals surface area contributed by atoms with Gasteiger partial charge in [-0.3, -0.25) is 0 Å². The summed E-state index contributed by atoms with van der Waals surface area (Å²) in [5.74, 6) is 0.691. The van der Waals surface area contributed by atoms with Gasteiger partial charge in [0.1, 0.15) is 12.4 Å². The Labute approximate surface area is 77.7 Å². The molecule has 1 aromatic carbocycles. The van der Waals surface area contributed by atoms with Crippen molar-refractivity contribution in [2.75, 3.05) is 6.61 Å². The van der Waals surface area contributed by atoms with E-state index in [0.717, 1.165) is 0 Å². The third-order valence-corrected chi connectivity index (χ3v) is 1.48. The van der Waals surface area contributed by atoms with Gasteiger partial charge in [0.2, 0.25) is 0 Å². The number of nitriles is 1. The molecule has 0 aliphatic rings. The van der Waals surface area contributed by atoms with Gasteiger partial charge in [0.05, 0.1) is 11.6 Å². The van der Waals surface area contributed by atoms with Crippen LogP contribution in [0.1, 0.15) is 12.5 Å². The van der Waals surface area contributed by atoms with Gasteiger partial charge in [-0.1, -0.05) is 6.07 Å². The van der Waals surface area contributed by atoms with Crippen molar-refractivity contribution in [2.24, 2.45) is 5.73 Å². The summed E-state index contributed by atoms with van der Waals surface area (Å²) in [4.78, 5) is 0. The topological polar surface area (TPSA) is 59.0 Å². The van der Waals surface area contributed by atoms with E-state index < -0.39 is 0 Å². The van der Waals surface area contributed by atoms with Crippen molar-refractivity contribution in [2.45, 2.75) is 13.0 Å². The molecule has 0 spiro atoms. The van der Waals surface area contributed by atoms with E-state index in [-0.39, 0.29) is 6.04 Å². The van der Waals surface area contributed by atoms with E-state index in [1.54, 1.807) is 18.2 Å². The maximum atomic E-state index is 8.61. The van der Waals surface area contributed by atoms with Gasteiger partial charge < -0.3 is 10.5 Å². The summed E-state index contributed by atoms with van der Waals surface area (Å²) in [6, 6.07) is 9.08. The van der Waals surface area contributed by atoms with Gasteiger partial charge in [-0.2, -0.15) is 5.26 Å². The van der Waals surface area contributed by atoms with Gasteiger partial charge in [-0.15, -0.1) is 0 Å². The average molecular weight is 176 g/mol. The van der Waals surface area contributed by atoms with Crippen molar-refractivity contribution in [1.29, 1.82) is 5.26 Å². The molecular formula is C10H12N2O. The zero-order chi connectivity index (χ0) is 9.68. The van der Waals surface area contributed by atoms with E-state index in [2.05, 4.69) is 0 Å². The Balaban J connectivity index is 2.63. The summed E-state index contributed by atoms with van der Waals surface area (Å²) in [7, 11) is 0. The number of ether oxygens (including phenoxy) is 1. The Hall–Kier alpha value is -1.53. The lowest BCUT2D eigenvalue weighted by atomic mass is 10.2. The second-order valence-electron chi connectivity index (χ2n) is 2.93. The highest BCUT2D eigenvalue weighted by molar-refractivity contribution is 5.36. The highest BCUT2D eigenvalue weighted by Gasteiger charge is 1.97. The van der Waals surface area contributed by atoms with Crippen molar-refractivity contribution in [3.05, 3.63) is 29.8 Å². The quantitative estimate of drug-likeness (QED) is 0.754. The highest BCUT2D eigenvalue weighted by atomic mass is 16.5. The molecule has 3 heteroatoms. The maximum absolute atomic E-state index is 8.61. The molecule has 1 rings (SSSR count). The first-order valence-electron chi connectivity index (χ1n) is 4.11. The Bertz CT molecular complexity index is 315. The first-order chi connectivity index (χ1) is 6.22. The molecule has 0 aliphatic heterocycles. The minimum absolute atomic E-state index is 0.00532. The molecule has 0 radical (unpaired) electrons. The summed E-state index contributed by atoms with van der Waals surface area (Å²) in [6.45, 7) is 2.34. The largest absolute Gasteiger partial charge is 0.492 e. The highest BCUT2D eigenvalue weighted by Crippen LogP contribution is 2.12. The fourth-order valence-corrected chi connectivity index (χ4v) is 0.883. The normalized spacial score (nSPS) is 11.8. The van der Waals surface area contributed by atoms with Crippen LogP contribution in [0.15, 0.2) is 24.3 Å². The minimum Gasteiger partial charge on any atom is -0.492 e. The molecule has 0 saturated carbocycles. The zero-order valence-electron chi connectivity index (χ0n) is 7.53. The molecule has 0 bridgehead atoms. The van der Waals surface area contributed by atoms with Crippen molar-refractivity contribution in [3.63, 3.8) is 0 Å². The third-order valence-electron chi connectivity index (χ3n) is 1.48. The summed E-state index contributed by atoms with van der Waals surface area (Å²) >= 11 is 0. The monoisotopic (exact) mass is 176 g/mol. The molecule has 68 valence electrons. The lowest BCUT2D eigenvalue weighted by molar-refractivity contribution is 0.296. The number of benzene rings is 1. The number of hydrogen-bond acceptors (Lipinski definition) is 3. The van der Waals surface area contributed by atoms with Gasteiger partial charge in [0, 0.05) is 6.04 Å². The standard InChI is InChI=1S/C10H12N2O/c1-8(12)7-13-10-4-2-3-9(5-10)6-11/h2-5,8H,7,12H2,1H3. The lowest BCUT2D eigenvalue weighted by Gasteiger charge is -2.08. The Kier molecular flexibility index (Phi) is 3.30. The minimum atomic E-state index is 0.00532. The Morgan fingerprint density at radius 1 is 1.62 bits per heavy atom. The van der Waals surface area contributed by atoms with Crippen molar-refractivity contribution >= 4 is 0 Å². The third kappa shape index (κ3) is 3.14. The van der Waals surface area contributed by atoms with E-state index >= 15 is 0 Å². The average Bonchev–Trinajstić information content (AvgIpc) is 2.15. The van der Waals surface area contributed by atoms with Gasteiger partial charge in [-0.05, 0) is 25.1 Å². The van der Waals surface area contributed by atoms with Gasteiger partial charge in [0.15, 0.2) is 0 Å². The van der Waals surface area contributed by atoms with Crippen molar-refractivity contribution in [1.82, 2.24) is 0 Å². The van der Waals surface area contributed by atoms with Crippen molar-refractivity contribution in [3.8, 4) is 11.8 Å². The molecule has 2 N–H and O–H groups in total. The Morgan fingerprint density at radius 2 is 2.38 bits per heavy atom. The van der Waals surface area contributed by atoms with E-state index in [0.29, 0.717) is 17.9 Å². The molecule has 0 aliphatic carbocycles. The number of nitrogens with two attached hydrogens (primary N) is 1. The molecule has 13 heavy (non-hydrogen) atoms. The van der Waals surface area contributed by atoms with Gasteiger partial charge >= 0.3 is 0 Å². The van der Waals surface area contributed by atoms with Crippen molar-refractivity contribution < 1.29 is 4.74 Å². The van der Waals surface area contributed by atoms with Crippen LogP contribution in [0, 0.1) is 11.3 Å². The van der Waals surface area contributed by atoms with E-state index in [9.17, 15) is 0 Å². The fraction of sp³-hybridized carbons (Fsp3) is 0.300. The van der Waals surface area contributed by atoms with Gasteiger partial charge in [0.25, 0.3) is 0 Å². The molecule has 0 saturated heterocycles. The summed E-state index contributed by atoms with van der Waals surface area (Å²) in [6.07, 6.45) is 0.